The maximum atomic E-state index is 12.9. The summed E-state index contributed by atoms with van der Waals surface area (Å²) >= 11 is 6.34. The molecule has 4 rings (SSSR count). The Bertz CT molecular complexity index is 1050. The maximum absolute atomic E-state index is 12.9. The highest BCUT2D eigenvalue weighted by Gasteiger charge is 2.34. The van der Waals surface area contributed by atoms with Crippen molar-refractivity contribution < 1.29 is 13.2 Å². The Morgan fingerprint density at radius 3 is 2.41 bits per heavy atom. The van der Waals surface area contributed by atoms with Crippen LogP contribution in [0, 0.1) is 6.92 Å². The van der Waals surface area contributed by atoms with E-state index in [0.717, 1.165) is 66.5 Å². The van der Waals surface area contributed by atoms with Crippen LogP contribution in [0.5, 0.6) is 0 Å². The van der Waals surface area contributed by atoms with E-state index in [0.29, 0.717) is 17.9 Å². The molecule has 2 heterocycles. The van der Waals surface area contributed by atoms with Crippen LogP contribution in [-0.4, -0.2) is 28.6 Å². The minimum Gasteiger partial charge on any atom is -0.342 e. The Labute approximate surface area is 190 Å². The van der Waals surface area contributed by atoms with Gasteiger partial charge in [0.25, 0.3) is 0 Å². The molecule has 3 aromatic rings. The van der Waals surface area contributed by atoms with Crippen molar-refractivity contribution in [2.75, 3.05) is 13.1 Å². The Hall–Kier alpha value is -2.35. The summed E-state index contributed by atoms with van der Waals surface area (Å²) in [6, 6.07) is 12.9. The smallest absolute Gasteiger partial charge is 0.342 e. The molecule has 2 aromatic carbocycles. The van der Waals surface area contributed by atoms with Crippen LogP contribution < -0.4 is 10.6 Å². The molecule has 0 amide bonds. The minimum atomic E-state index is -4.35. The number of imidazole rings is 1. The van der Waals surface area contributed by atoms with Gasteiger partial charge in [0.2, 0.25) is 0 Å². The molecule has 0 bridgehead atoms. The first-order valence-corrected chi connectivity index (χ1v) is 11.1. The number of piperidine rings is 1. The monoisotopic (exact) mass is 462 g/mol. The molecule has 0 unspecified atom stereocenters. The quantitative estimate of drug-likeness (QED) is 0.452. The van der Waals surface area contributed by atoms with Gasteiger partial charge in [-0.3, -0.25) is 0 Å². The zero-order valence-electron chi connectivity index (χ0n) is 17.8. The van der Waals surface area contributed by atoms with Crippen LogP contribution in [0.15, 0.2) is 48.5 Å². The summed E-state index contributed by atoms with van der Waals surface area (Å²) in [4.78, 5) is 8.01. The van der Waals surface area contributed by atoms with Crippen LogP contribution in [0.1, 0.15) is 35.4 Å². The number of rotatable bonds is 6. The Balaban J connectivity index is 1.54. The van der Waals surface area contributed by atoms with Crippen molar-refractivity contribution in [3.05, 3.63) is 76.1 Å². The maximum Gasteiger partial charge on any atom is 0.416 e. The number of halogens is 4. The second-order valence-electron chi connectivity index (χ2n) is 8.38. The molecule has 170 valence electrons. The Morgan fingerprint density at radius 1 is 1.06 bits per heavy atom. The molecule has 0 aliphatic carbocycles. The van der Waals surface area contributed by atoms with Crippen molar-refractivity contribution in [3.63, 3.8) is 0 Å². The largest absolute Gasteiger partial charge is 0.416 e. The predicted molar refractivity (Wildman–Crippen MR) is 121 cm³/mol. The molecule has 1 fully saturated rings. The summed E-state index contributed by atoms with van der Waals surface area (Å²) < 4.78 is 38.6. The third-order valence-electron chi connectivity index (χ3n) is 6.15. The third kappa shape index (κ3) is 5.17. The van der Waals surface area contributed by atoms with E-state index in [-0.39, 0.29) is 5.54 Å². The minimum absolute atomic E-state index is 0.137. The molecule has 1 aromatic heterocycles. The SMILES string of the molecule is Cc1[nH]c(-c2ccc(C(F)(F)F)cc2)nc1CC1(NCc2ccccc2Cl)CCNCC1. The van der Waals surface area contributed by atoms with E-state index in [1.54, 1.807) is 0 Å². The zero-order valence-corrected chi connectivity index (χ0v) is 18.6. The van der Waals surface area contributed by atoms with Gasteiger partial charge in [-0.1, -0.05) is 41.9 Å². The number of benzene rings is 2. The van der Waals surface area contributed by atoms with Gasteiger partial charge in [-0.2, -0.15) is 13.2 Å². The number of H-pyrrole nitrogens is 1. The number of aromatic amines is 1. The fourth-order valence-electron chi connectivity index (χ4n) is 4.19. The van der Waals surface area contributed by atoms with Crippen molar-refractivity contribution >= 4 is 11.6 Å². The molecule has 3 N–H and O–H groups in total. The normalized spacial score (nSPS) is 16.3. The van der Waals surface area contributed by atoms with E-state index in [1.165, 1.54) is 12.1 Å². The van der Waals surface area contributed by atoms with Crippen molar-refractivity contribution in [3.8, 4) is 11.4 Å². The van der Waals surface area contributed by atoms with Gasteiger partial charge in [0.1, 0.15) is 5.82 Å². The zero-order chi connectivity index (χ0) is 22.8. The highest BCUT2D eigenvalue weighted by molar-refractivity contribution is 6.31. The second kappa shape index (κ2) is 9.25. The average Bonchev–Trinajstić information content (AvgIpc) is 3.13. The molecule has 4 nitrogen and oxygen atoms in total. The van der Waals surface area contributed by atoms with Gasteiger partial charge in [-0.15, -0.1) is 0 Å². The molecular weight excluding hydrogens is 437 g/mol. The fraction of sp³-hybridized carbons (Fsp3) is 0.375. The van der Waals surface area contributed by atoms with Crippen LogP contribution in [0.2, 0.25) is 5.02 Å². The van der Waals surface area contributed by atoms with Crippen LogP contribution in [0.3, 0.4) is 0 Å². The van der Waals surface area contributed by atoms with Crippen LogP contribution in [-0.2, 0) is 19.1 Å². The highest BCUT2D eigenvalue weighted by Crippen LogP contribution is 2.31. The van der Waals surface area contributed by atoms with Crippen molar-refractivity contribution in [1.82, 2.24) is 20.6 Å². The van der Waals surface area contributed by atoms with Crippen LogP contribution in [0.25, 0.3) is 11.4 Å². The van der Waals surface area contributed by atoms with Gasteiger partial charge in [0.15, 0.2) is 0 Å². The Morgan fingerprint density at radius 2 is 1.75 bits per heavy atom. The van der Waals surface area contributed by atoms with Crippen molar-refractivity contribution in [2.45, 2.75) is 44.4 Å². The predicted octanol–water partition coefficient (Wildman–Crippen LogP) is 5.51. The van der Waals surface area contributed by atoms with Crippen LogP contribution >= 0.6 is 11.6 Å². The number of aryl methyl sites for hydroxylation is 1. The highest BCUT2D eigenvalue weighted by atomic mass is 35.5. The van der Waals surface area contributed by atoms with E-state index in [9.17, 15) is 13.2 Å². The number of nitrogens with one attached hydrogen (secondary N) is 3. The van der Waals surface area contributed by atoms with Gasteiger partial charge in [0, 0.05) is 34.8 Å². The third-order valence-corrected chi connectivity index (χ3v) is 6.52. The first-order valence-electron chi connectivity index (χ1n) is 10.7. The number of hydrogen-bond acceptors (Lipinski definition) is 3. The van der Waals surface area contributed by atoms with Crippen molar-refractivity contribution in [1.29, 1.82) is 0 Å². The lowest BCUT2D eigenvalue weighted by atomic mass is 9.83. The van der Waals surface area contributed by atoms with Gasteiger partial charge in [-0.05, 0) is 56.6 Å². The van der Waals surface area contributed by atoms with Crippen LogP contribution in [0.4, 0.5) is 13.2 Å². The van der Waals surface area contributed by atoms with E-state index in [4.69, 9.17) is 16.6 Å². The summed E-state index contributed by atoms with van der Waals surface area (Å²) in [5.74, 6) is 0.585. The lowest BCUT2D eigenvalue weighted by molar-refractivity contribution is -0.137. The molecule has 0 saturated carbocycles. The number of hydrogen-bond donors (Lipinski definition) is 3. The number of alkyl halides is 3. The molecule has 0 spiro atoms. The van der Waals surface area contributed by atoms with Gasteiger partial charge in [-0.25, -0.2) is 4.98 Å². The van der Waals surface area contributed by atoms with Gasteiger partial charge >= 0.3 is 6.18 Å². The van der Waals surface area contributed by atoms with Gasteiger partial charge < -0.3 is 15.6 Å². The first kappa shape index (κ1) is 22.8. The molecule has 0 radical (unpaired) electrons. The summed E-state index contributed by atoms with van der Waals surface area (Å²) in [6.07, 6.45) is -1.74. The van der Waals surface area contributed by atoms with Gasteiger partial charge in [0.05, 0.1) is 11.3 Å². The number of nitrogens with zero attached hydrogens (tertiary/aromatic N) is 1. The average molecular weight is 463 g/mol. The summed E-state index contributed by atoms with van der Waals surface area (Å²) in [7, 11) is 0. The molecule has 32 heavy (non-hydrogen) atoms. The van der Waals surface area contributed by atoms with E-state index in [2.05, 4.69) is 15.6 Å². The summed E-state index contributed by atoms with van der Waals surface area (Å²) in [5, 5.41) is 7.89. The van der Waals surface area contributed by atoms with E-state index >= 15 is 0 Å². The molecule has 1 aliphatic rings. The Kier molecular flexibility index (Phi) is 6.60. The topological polar surface area (TPSA) is 52.7 Å². The number of aromatic nitrogens is 2. The van der Waals surface area contributed by atoms with Crippen molar-refractivity contribution in [2.24, 2.45) is 0 Å². The molecule has 1 aliphatic heterocycles. The summed E-state index contributed by atoms with van der Waals surface area (Å²) in [5.41, 5.74) is 2.74. The summed E-state index contributed by atoms with van der Waals surface area (Å²) in [6.45, 7) is 4.43. The fourth-order valence-corrected chi connectivity index (χ4v) is 4.39. The first-order chi connectivity index (χ1) is 15.3. The van der Waals surface area contributed by atoms with E-state index in [1.807, 2.05) is 31.2 Å². The van der Waals surface area contributed by atoms with E-state index < -0.39 is 11.7 Å². The molecule has 0 atom stereocenters. The standard InChI is InChI=1S/C24H26ClF3N4/c1-16-21(32-22(31-16)17-6-8-19(9-7-17)24(26,27)28)14-23(10-12-29-13-11-23)30-15-18-4-2-3-5-20(18)25/h2-9,29-30H,10-15H2,1H3,(H,31,32). The molecule has 1 saturated heterocycles. The molecular formula is C24H26ClF3N4. The lowest BCUT2D eigenvalue weighted by Crippen LogP contribution is -2.53. The molecule has 8 heteroatoms. The lowest BCUT2D eigenvalue weighted by Gasteiger charge is -2.39. The second-order valence-corrected chi connectivity index (χ2v) is 8.79.